The first-order chi connectivity index (χ1) is 6.97. The second kappa shape index (κ2) is 4.77. The number of halogens is 1. The van der Waals surface area contributed by atoms with E-state index < -0.39 is 6.04 Å². The van der Waals surface area contributed by atoms with E-state index in [1.807, 2.05) is 13.8 Å². The van der Waals surface area contributed by atoms with Crippen LogP contribution < -0.4 is 5.73 Å². The minimum absolute atomic E-state index is 0.00222. The van der Waals surface area contributed by atoms with E-state index in [0.29, 0.717) is 11.4 Å². The van der Waals surface area contributed by atoms with Crippen molar-refractivity contribution in [2.75, 3.05) is 0 Å². The number of hydrogen-bond donors (Lipinski definition) is 1. The molecule has 4 nitrogen and oxygen atoms in total. The van der Waals surface area contributed by atoms with Gasteiger partial charge in [0.1, 0.15) is 0 Å². The van der Waals surface area contributed by atoms with E-state index in [2.05, 4.69) is 5.10 Å². The molecule has 0 radical (unpaired) electrons. The zero-order valence-corrected chi connectivity index (χ0v) is 10.0. The van der Waals surface area contributed by atoms with Crippen LogP contribution in [0.3, 0.4) is 0 Å². The van der Waals surface area contributed by atoms with E-state index in [9.17, 15) is 4.79 Å². The predicted octanol–water partition coefficient (Wildman–Crippen LogP) is 1.23. The van der Waals surface area contributed by atoms with Crippen molar-refractivity contribution in [3.63, 3.8) is 0 Å². The summed E-state index contributed by atoms with van der Waals surface area (Å²) in [4.78, 5) is 11.6. The summed E-state index contributed by atoms with van der Waals surface area (Å²) < 4.78 is 1.64. The summed E-state index contributed by atoms with van der Waals surface area (Å²) in [6, 6.07) is -0.406. The van der Waals surface area contributed by atoms with Crippen LogP contribution in [-0.4, -0.2) is 21.6 Å². The Morgan fingerprint density at radius 1 is 1.67 bits per heavy atom. The fourth-order valence-electron chi connectivity index (χ4n) is 1.40. The first-order valence-corrected chi connectivity index (χ1v) is 5.31. The fourth-order valence-corrected chi connectivity index (χ4v) is 1.62. The van der Waals surface area contributed by atoms with Crippen molar-refractivity contribution in [1.29, 1.82) is 0 Å². The zero-order chi connectivity index (χ0) is 11.6. The van der Waals surface area contributed by atoms with Gasteiger partial charge in [-0.15, -0.1) is 0 Å². The zero-order valence-electron chi connectivity index (χ0n) is 9.25. The highest BCUT2D eigenvalue weighted by Crippen LogP contribution is 2.20. The second-order valence-electron chi connectivity index (χ2n) is 3.63. The van der Waals surface area contributed by atoms with Gasteiger partial charge in [0.25, 0.3) is 0 Å². The van der Waals surface area contributed by atoms with Crippen LogP contribution in [0.1, 0.15) is 24.7 Å². The number of rotatable bonds is 4. The quantitative estimate of drug-likeness (QED) is 0.845. The summed E-state index contributed by atoms with van der Waals surface area (Å²) in [6.45, 7) is 3.70. The van der Waals surface area contributed by atoms with Gasteiger partial charge < -0.3 is 5.73 Å². The number of nitrogens with two attached hydrogens (primary N) is 1. The number of Topliss-reactive ketones (excluding diaryl/α,β-unsaturated/α-hetero) is 1. The standard InChI is InChI=1S/C10H16ClN3O/c1-4-7(12)9(15)5-8-10(11)6(2)13-14(8)3/h7H,4-5,12H2,1-3H3. The Balaban J connectivity index is 2.85. The van der Waals surface area contributed by atoms with E-state index in [1.54, 1.807) is 11.7 Å². The number of carbonyl (C=O) groups excluding carboxylic acids is 1. The molecule has 0 aromatic carbocycles. The maximum absolute atomic E-state index is 11.6. The molecule has 0 amide bonds. The highest BCUT2D eigenvalue weighted by molar-refractivity contribution is 6.32. The smallest absolute Gasteiger partial charge is 0.155 e. The molecule has 15 heavy (non-hydrogen) atoms. The highest BCUT2D eigenvalue weighted by atomic mass is 35.5. The number of carbonyl (C=O) groups is 1. The first kappa shape index (κ1) is 12.2. The largest absolute Gasteiger partial charge is 0.322 e. The average molecular weight is 230 g/mol. The molecule has 0 saturated heterocycles. The number of aryl methyl sites for hydroxylation is 2. The molecule has 1 aromatic rings. The van der Waals surface area contributed by atoms with Crippen molar-refractivity contribution >= 4 is 17.4 Å². The normalized spacial score (nSPS) is 12.9. The Morgan fingerprint density at radius 3 is 2.67 bits per heavy atom. The molecule has 0 fully saturated rings. The summed E-state index contributed by atoms with van der Waals surface area (Å²) >= 11 is 6.03. The van der Waals surface area contributed by atoms with Crippen LogP contribution in [0.4, 0.5) is 0 Å². The Kier molecular flexibility index (Phi) is 3.88. The molecular formula is C10H16ClN3O. The summed E-state index contributed by atoms with van der Waals surface area (Å²) in [7, 11) is 1.78. The van der Waals surface area contributed by atoms with Crippen LogP contribution in [0.25, 0.3) is 0 Å². The van der Waals surface area contributed by atoms with Crippen molar-refractivity contribution < 1.29 is 4.79 Å². The van der Waals surface area contributed by atoms with Crippen molar-refractivity contribution in [2.24, 2.45) is 12.8 Å². The van der Waals surface area contributed by atoms with Crippen molar-refractivity contribution in [3.8, 4) is 0 Å². The van der Waals surface area contributed by atoms with Gasteiger partial charge in [-0.2, -0.15) is 5.10 Å². The molecule has 0 spiro atoms. The van der Waals surface area contributed by atoms with Gasteiger partial charge >= 0.3 is 0 Å². The SMILES string of the molecule is CCC(N)C(=O)Cc1c(Cl)c(C)nn1C. The molecule has 1 heterocycles. The third-order valence-electron chi connectivity index (χ3n) is 2.46. The van der Waals surface area contributed by atoms with E-state index in [0.717, 1.165) is 11.4 Å². The molecule has 2 N–H and O–H groups in total. The molecule has 0 bridgehead atoms. The summed E-state index contributed by atoms with van der Waals surface area (Å²) in [5, 5.41) is 4.70. The summed E-state index contributed by atoms with van der Waals surface area (Å²) in [5.74, 6) is 0.00222. The average Bonchev–Trinajstić information content (AvgIpc) is 2.43. The van der Waals surface area contributed by atoms with Gasteiger partial charge in [-0.3, -0.25) is 9.48 Å². The molecule has 1 aromatic heterocycles. The van der Waals surface area contributed by atoms with E-state index >= 15 is 0 Å². The highest BCUT2D eigenvalue weighted by Gasteiger charge is 2.18. The molecule has 0 aliphatic rings. The van der Waals surface area contributed by atoms with Crippen molar-refractivity contribution in [1.82, 2.24) is 9.78 Å². The van der Waals surface area contributed by atoms with E-state index in [1.165, 1.54) is 0 Å². The maximum atomic E-state index is 11.6. The number of nitrogens with zero attached hydrogens (tertiary/aromatic N) is 2. The molecule has 84 valence electrons. The summed E-state index contributed by atoms with van der Waals surface area (Å²) in [5.41, 5.74) is 7.13. The Bertz CT molecular complexity index is 373. The lowest BCUT2D eigenvalue weighted by Gasteiger charge is -2.07. The van der Waals surface area contributed by atoms with Gasteiger partial charge in [0.2, 0.25) is 0 Å². The summed E-state index contributed by atoms with van der Waals surface area (Å²) in [6.07, 6.45) is 0.901. The molecule has 0 aliphatic carbocycles. The van der Waals surface area contributed by atoms with E-state index in [4.69, 9.17) is 17.3 Å². The third-order valence-corrected chi connectivity index (χ3v) is 2.95. The van der Waals surface area contributed by atoms with Gasteiger partial charge in [0, 0.05) is 7.05 Å². The lowest BCUT2D eigenvalue weighted by atomic mass is 10.1. The topological polar surface area (TPSA) is 60.9 Å². The number of hydrogen-bond acceptors (Lipinski definition) is 3. The minimum Gasteiger partial charge on any atom is -0.322 e. The van der Waals surface area contributed by atoms with Crippen molar-refractivity contribution in [2.45, 2.75) is 32.7 Å². The molecule has 1 atom stereocenters. The lowest BCUT2D eigenvalue weighted by Crippen LogP contribution is -2.31. The minimum atomic E-state index is -0.406. The molecule has 5 heteroatoms. The van der Waals surface area contributed by atoms with Crippen LogP contribution in [-0.2, 0) is 18.3 Å². The van der Waals surface area contributed by atoms with Crippen LogP contribution >= 0.6 is 11.6 Å². The van der Waals surface area contributed by atoms with Crippen molar-refractivity contribution in [3.05, 3.63) is 16.4 Å². The van der Waals surface area contributed by atoms with E-state index in [-0.39, 0.29) is 12.2 Å². The number of ketones is 1. The van der Waals surface area contributed by atoms with Gasteiger partial charge in [-0.1, -0.05) is 18.5 Å². The van der Waals surface area contributed by atoms with Crippen LogP contribution in [0.2, 0.25) is 5.02 Å². The predicted molar refractivity (Wildman–Crippen MR) is 59.9 cm³/mol. The van der Waals surface area contributed by atoms with Crippen LogP contribution in [0, 0.1) is 6.92 Å². The molecule has 0 saturated carbocycles. The Morgan fingerprint density at radius 2 is 2.27 bits per heavy atom. The molecule has 1 unspecified atom stereocenters. The van der Waals surface area contributed by atoms with Gasteiger partial charge in [0.15, 0.2) is 5.78 Å². The van der Waals surface area contributed by atoms with Crippen LogP contribution in [0.15, 0.2) is 0 Å². The monoisotopic (exact) mass is 229 g/mol. The van der Waals surface area contributed by atoms with Crippen LogP contribution in [0.5, 0.6) is 0 Å². The molecular weight excluding hydrogens is 214 g/mol. The number of aromatic nitrogens is 2. The second-order valence-corrected chi connectivity index (χ2v) is 4.01. The Hall–Kier alpha value is -0.870. The Labute approximate surface area is 94.4 Å². The van der Waals surface area contributed by atoms with Gasteiger partial charge in [-0.05, 0) is 13.3 Å². The van der Waals surface area contributed by atoms with Gasteiger partial charge in [0.05, 0.1) is 28.9 Å². The fraction of sp³-hybridized carbons (Fsp3) is 0.600. The lowest BCUT2D eigenvalue weighted by molar-refractivity contribution is -0.119. The van der Waals surface area contributed by atoms with Gasteiger partial charge in [-0.25, -0.2) is 0 Å². The maximum Gasteiger partial charge on any atom is 0.155 e. The molecule has 1 rings (SSSR count). The third kappa shape index (κ3) is 2.58. The first-order valence-electron chi connectivity index (χ1n) is 4.93. The molecule has 0 aliphatic heterocycles.